The quantitative estimate of drug-likeness (QED) is 0.828. The minimum Gasteiger partial charge on any atom is -0.497 e. The Morgan fingerprint density at radius 3 is 2.35 bits per heavy atom. The fourth-order valence-electron chi connectivity index (χ4n) is 2.60. The van der Waals surface area contributed by atoms with Crippen LogP contribution < -0.4 is 10.1 Å². The van der Waals surface area contributed by atoms with Crippen molar-refractivity contribution < 1.29 is 14.3 Å². The van der Waals surface area contributed by atoms with E-state index in [0.717, 1.165) is 5.56 Å². The summed E-state index contributed by atoms with van der Waals surface area (Å²) < 4.78 is 5.20. The topological polar surface area (TPSA) is 61.9 Å². The molecule has 2 aromatic carbocycles. The summed E-state index contributed by atoms with van der Waals surface area (Å²) in [7, 11) is 6.74. The van der Waals surface area contributed by atoms with E-state index in [0.29, 0.717) is 11.4 Å². The lowest BCUT2D eigenvalue weighted by Gasteiger charge is -2.28. The van der Waals surface area contributed by atoms with Crippen molar-refractivity contribution in [1.82, 2.24) is 9.80 Å². The molecule has 0 saturated carbocycles. The number of ether oxygens (including phenoxy) is 1. The van der Waals surface area contributed by atoms with Gasteiger partial charge in [-0.25, -0.2) is 0 Å². The molecule has 0 heterocycles. The summed E-state index contributed by atoms with van der Waals surface area (Å²) in [5.41, 5.74) is 1.46. The number of nitrogens with one attached hydrogen (secondary N) is 1. The number of benzene rings is 2. The molecule has 0 aliphatic rings. The number of hydrogen-bond donors (Lipinski definition) is 1. The number of likely N-dealkylation sites (N-methyl/N-ethyl adjacent to an activating group) is 2. The molecule has 138 valence electrons. The Labute approximate surface area is 154 Å². The lowest BCUT2D eigenvalue weighted by atomic mass is 10.0. The van der Waals surface area contributed by atoms with Gasteiger partial charge in [-0.05, 0) is 24.7 Å². The van der Waals surface area contributed by atoms with E-state index in [1.54, 1.807) is 45.3 Å². The van der Waals surface area contributed by atoms with Gasteiger partial charge in [0.1, 0.15) is 11.8 Å². The molecule has 1 N–H and O–H groups in total. The predicted octanol–water partition coefficient (Wildman–Crippen LogP) is 2.40. The molecule has 0 unspecified atom stereocenters. The largest absolute Gasteiger partial charge is 0.497 e. The number of amides is 2. The first kappa shape index (κ1) is 19.5. The van der Waals surface area contributed by atoms with Gasteiger partial charge in [-0.1, -0.05) is 36.4 Å². The first-order valence-corrected chi connectivity index (χ1v) is 8.32. The highest BCUT2D eigenvalue weighted by Gasteiger charge is 2.27. The third-order valence-corrected chi connectivity index (χ3v) is 4.03. The van der Waals surface area contributed by atoms with Crippen LogP contribution in [0.3, 0.4) is 0 Å². The molecule has 1 atom stereocenters. The maximum Gasteiger partial charge on any atom is 0.246 e. The number of anilines is 1. The monoisotopic (exact) mass is 355 g/mol. The second kappa shape index (κ2) is 9.01. The van der Waals surface area contributed by atoms with Crippen molar-refractivity contribution in [2.24, 2.45) is 0 Å². The average molecular weight is 355 g/mol. The number of rotatable bonds is 7. The van der Waals surface area contributed by atoms with Crippen LogP contribution in [0.15, 0.2) is 54.6 Å². The summed E-state index contributed by atoms with van der Waals surface area (Å²) in [4.78, 5) is 28.3. The zero-order valence-corrected chi connectivity index (χ0v) is 15.6. The Bertz CT molecular complexity index is 747. The number of methoxy groups -OCH3 is 1. The standard InChI is InChI=1S/C20H25N3O3/c1-22(2)18(24)14-23(3)19(15-9-6-5-7-10-15)20(25)21-16-11-8-12-17(13-16)26-4/h5-13,19H,14H2,1-4H3,(H,21,25)/t19-/m1/s1. The van der Waals surface area contributed by atoms with Gasteiger partial charge in [-0.15, -0.1) is 0 Å². The molecule has 0 bridgehead atoms. The van der Waals surface area contributed by atoms with Crippen LogP contribution in [0.1, 0.15) is 11.6 Å². The summed E-state index contributed by atoms with van der Waals surface area (Å²) in [5, 5.41) is 2.91. The molecule has 26 heavy (non-hydrogen) atoms. The van der Waals surface area contributed by atoms with Crippen LogP contribution in [0.5, 0.6) is 5.75 Å². The molecular weight excluding hydrogens is 330 g/mol. The summed E-state index contributed by atoms with van der Waals surface area (Å²) >= 11 is 0. The van der Waals surface area contributed by atoms with Gasteiger partial charge in [-0.3, -0.25) is 14.5 Å². The number of carbonyl (C=O) groups excluding carboxylic acids is 2. The number of hydrogen-bond acceptors (Lipinski definition) is 4. The normalized spacial score (nSPS) is 11.7. The van der Waals surface area contributed by atoms with Gasteiger partial charge in [0.2, 0.25) is 11.8 Å². The number of nitrogens with zero attached hydrogens (tertiary/aromatic N) is 2. The van der Waals surface area contributed by atoms with Gasteiger partial charge in [0.05, 0.1) is 13.7 Å². The van der Waals surface area contributed by atoms with Crippen LogP contribution in [0.25, 0.3) is 0 Å². The van der Waals surface area contributed by atoms with Gasteiger partial charge >= 0.3 is 0 Å². The maximum atomic E-state index is 13.0. The van der Waals surface area contributed by atoms with Crippen molar-refractivity contribution in [3.05, 3.63) is 60.2 Å². The first-order valence-electron chi connectivity index (χ1n) is 8.32. The SMILES string of the molecule is COc1cccc(NC(=O)[C@@H](c2ccccc2)N(C)CC(=O)N(C)C)c1. The Kier molecular flexibility index (Phi) is 6.74. The molecule has 6 heteroatoms. The molecule has 2 amide bonds. The second-order valence-corrected chi connectivity index (χ2v) is 6.24. The lowest BCUT2D eigenvalue weighted by molar-refractivity contribution is -0.131. The summed E-state index contributed by atoms with van der Waals surface area (Å²) in [6.45, 7) is 0.137. The molecule has 0 aliphatic carbocycles. The molecule has 6 nitrogen and oxygen atoms in total. The van der Waals surface area contributed by atoms with Gasteiger partial charge in [0, 0.05) is 25.8 Å². The van der Waals surface area contributed by atoms with Crippen LogP contribution in [0, 0.1) is 0 Å². The zero-order valence-electron chi connectivity index (χ0n) is 15.6. The fraction of sp³-hybridized carbons (Fsp3) is 0.300. The minimum absolute atomic E-state index is 0.0670. The molecular formula is C20H25N3O3. The zero-order chi connectivity index (χ0) is 19.1. The van der Waals surface area contributed by atoms with E-state index in [-0.39, 0.29) is 18.4 Å². The summed E-state index contributed by atoms with van der Waals surface area (Å²) in [6, 6.07) is 16.0. The second-order valence-electron chi connectivity index (χ2n) is 6.24. The van der Waals surface area contributed by atoms with Gasteiger partial charge in [0.25, 0.3) is 0 Å². The minimum atomic E-state index is -0.591. The van der Waals surface area contributed by atoms with E-state index < -0.39 is 6.04 Å². The average Bonchev–Trinajstić information content (AvgIpc) is 2.62. The van der Waals surface area contributed by atoms with Crippen molar-refractivity contribution >= 4 is 17.5 Å². The molecule has 0 spiro atoms. The molecule has 0 aliphatic heterocycles. The Morgan fingerprint density at radius 1 is 1.04 bits per heavy atom. The van der Waals surface area contributed by atoms with E-state index >= 15 is 0 Å². The van der Waals surface area contributed by atoms with E-state index in [2.05, 4.69) is 5.32 Å². The Balaban J connectivity index is 2.25. The molecule has 0 fully saturated rings. The summed E-state index contributed by atoms with van der Waals surface area (Å²) in [5.74, 6) is 0.385. The van der Waals surface area contributed by atoms with Gasteiger partial charge < -0.3 is 15.0 Å². The fourth-order valence-corrected chi connectivity index (χ4v) is 2.60. The van der Waals surface area contributed by atoms with E-state index in [1.165, 1.54) is 4.90 Å². The molecule has 2 aromatic rings. The third-order valence-electron chi connectivity index (χ3n) is 4.03. The van der Waals surface area contributed by atoms with E-state index in [9.17, 15) is 9.59 Å². The van der Waals surface area contributed by atoms with Crippen molar-refractivity contribution in [2.75, 3.05) is 40.1 Å². The van der Waals surface area contributed by atoms with Crippen molar-refractivity contribution in [3.63, 3.8) is 0 Å². The first-order chi connectivity index (χ1) is 12.4. The van der Waals surface area contributed by atoms with Crippen LogP contribution in [-0.2, 0) is 9.59 Å². The Hall–Kier alpha value is -2.86. The van der Waals surface area contributed by atoms with E-state index in [4.69, 9.17) is 4.74 Å². The van der Waals surface area contributed by atoms with Crippen LogP contribution in [0.4, 0.5) is 5.69 Å². The molecule has 0 radical (unpaired) electrons. The Morgan fingerprint density at radius 2 is 1.73 bits per heavy atom. The highest BCUT2D eigenvalue weighted by atomic mass is 16.5. The van der Waals surface area contributed by atoms with Gasteiger partial charge in [0.15, 0.2) is 0 Å². The highest BCUT2D eigenvalue weighted by molar-refractivity contribution is 5.96. The third kappa shape index (κ3) is 5.07. The highest BCUT2D eigenvalue weighted by Crippen LogP contribution is 2.23. The number of carbonyl (C=O) groups is 2. The van der Waals surface area contributed by atoms with Crippen molar-refractivity contribution in [2.45, 2.75) is 6.04 Å². The van der Waals surface area contributed by atoms with E-state index in [1.807, 2.05) is 42.5 Å². The van der Waals surface area contributed by atoms with Crippen molar-refractivity contribution in [1.29, 1.82) is 0 Å². The van der Waals surface area contributed by atoms with Crippen molar-refractivity contribution in [3.8, 4) is 5.75 Å². The smallest absolute Gasteiger partial charge is 0.246 e. The molecule has 2 rings (SSSR count). The summed E-state index contributed by atoms with van der Waals surface area (Å²) in [6.07, 6.45) is 0. The molecule has 0 aromatic heterocycles. The maximum absolute atomic E-state index is 13.0. The van der Waals surface area contributed by atoms with Gasteiger partial charge in [-0.2, -0.15) is 0 Å². The molecule has 0 saturated heterocycles. The predicted molar refractivity (Wildman–Crippen MR) is 102 cm³/mol. The lowest BCUT2D eigenvalue weighted by Crippen LogP contribution is -2.41. The van der Waals surface area contributed by atoms with Crippen LogP contribution >= 0.6 is 0 Å². The van der Waals surface area contributed by atoms with Crippen LogP contribution in [0.2, 0.25) is 0 Å². The van der Waals surface area contributed by atoms with Crippen LogP contribution in [-0.4, -0.2) is 56.4 Å².